The SMILES string of the molecule is CCOc1cc(CNCc2ccc3c(c2)OCO3)c(Br)cc1OCC(=O)NC(C)(C)C. The lowest BCUT2D eigenvalue weighted by atomic mass is 10.1. The molecule has 8 heteroatoms. The van der Waals surface area contributed by atoms with E-state index < -0.39 is 0 Å². The Bertz CT molecular complexity index is 927. The van der Waals surface area contributed by atoms with Gasteiger partial charge < -0.3 is 29.6 Å². The van der Waals surface area contributed by atoms with E-state index in [1.165, 1.54) is 0 Å². The Morgan fingerprint density at radius 3 is 2.55 bits per heavy atom. The number of carbonyl (C=O) groups is 1. The highest BCUT2D eigenvalue weighted by atomic mass is 79.9. The first-order chi connectivity index (χ1) is 14.7. The van der Waals surface area contributed by atoms with Crippen LogP contribution in [0.1, 0.15) is 38.8 Å². The Kier molecular flexibility index (Phi) is 7.67. The highest BCUT2D eigenvalue weighted by Crippen LogP contribution is 2.34. The van der Waals surface area contributed by atoms with Crippen LogP contribution in [0.25, 0.3) is 0 Å². The summed E-state index contributed by atoms with van der Waals surface area (Å²) in [5.74, 6) is 2.50. The lowest BCUT2D eigenvalue weighted by Gasteiger charge is -2.21. The second-order valence-corrected chi connectivity index (χ2v) is 9.06. The third-order valence-electron chi connectivity index (χ3n) is 4.37. The molecule has 0 aliphatic carbocycles. The molecule has 1 aliphatic heterocycles. The van der Waals surface area contributed by atoms with E-state index in [1.807, 2.05) is 58.0 Å². The van der Waals surface area contributed by atoms with Gasteiger partial charge in [-0.05, 0) is 63.1 Å². The van der Waals surface area contributed by atoms with E-state index >= 15 is 0 Å². The van der Waals surface area contributed by atoms with E-state index in [4.69, 9.17) is 18.9 Å². The van der Waals surface area contributed by atoms with E-state index in [0.29, 0.717) is 31.2 Å². The van der Waals surface area contributed by atoms with E-state index in [9.17, 15) is 4.79 Å². The third kappa shape index (κ3) is 6.77. The number of hydrogen-bond acceptors (Lipinski definition) is 6. The van der Waals surface area contributed by atoms with Gasteiger partial charge in [-0.3, -0.25) is 4.79 Å². The predicted octanol–water partition coefficient (Wildman–Crippen LogP) is 4.16. The van der Waals surface area contributed by atoms with Crippen LogP contribution in [0.2, 0.25) is 0 Å². The van der Waals surface area contributed by atoms with Crippen molar-refractivity contribution in [3.63, 3.8) is 0 Å². The summed E-state index contributed by atoms with van der Waals surface area (Å²) in [6, 6.07) is 9.69. The number of carbonyl (C=O) groups excluding carboxylic acids is 1. The fourth-order valence-corrected chi connectivity index (χ4v) is 3.55. The fourth-order valence-electron chi connectivity index (χ4n) is 3.08. The van der Waals surface area contributed by atoms with Crippen LogP contribution < -0.4 is 29.6 Å². The summed E-state index contributed by atoms with van der Waals surface area (Å²) in [7, 11) is 0. The molecule has 7 nitrogen and oxygen atoms in total. The first kappa shape index (κ1) is 23.2. The fraction of sp³-hybridized carbons (Fsp3) is 0.435. The van der Waals surface area contributed by atoms with Crippen molar-refractivity contribution in [3.8, 4) is 23.0 Å². The molecular formula is C23H29BrN2O5. The summed E-state index contributed by atoms with van der Waals surface area (Å²) >= 11 is 3.60. The summed E-state index contributed by atoms with van der Waals surface area (Å²) in [6.07, 6.45) is 0. The van der Waals surface area contributed by atoms with Crippen LogP contribution in [0.5, 0.6) is 23.0 Å². The summed E-state index contributed by atoms with van der Waals surface area (Å²) < 4.78 is 23.1. The minimum absolute atomic E-state index is 0.0779. The molecule has 1 aliphatic rings. The van der Waals surface area contributed by atoms with Gasteiger partial charge in [-0.15, -0.1) is 0 Å². The molecule has 0 unspecified atom stereocenters. The van der Waals surface area contributed by atoms with Gasteiger partial charge in [0, 0.05) is 23.1 Å². The topological polar surface area (TPSA) is 78.1 Å². The van der Waals surface area contributed by atoms with Crippen LogP contribution in [-0.2, 0) is 17.9 Å². The average Bonchev–Trinajstić information content (AvgIpc) is 3.15. The first-order valence-corrected chi connectivity index (χ1v) is 11.0. The number of amides is 1. The zero-order valence-corrected chi connectivity index (χ0v) is 19.9. The molecular weight excluding hydrogens is 464 g/mol. The molecule has 0 atom stereocenters. The molecule has 0 fully saturated rings. The Morgan fingerprint density at radius 2 is 1.81 bits per heavy atom. The van der Waals surface area contributed by atoms with Gasteiger partial charge in [-0.2, -0.15) is 0 Å². The molecule has 2 aromatic carbocycles. The molecule has 2 aromatic rings. The first-order valence-electron chi connectivity index (χ1n) is 10.2. The minimum atomic E-state index is -0.308. The predicted molar refractivity (Wildman–Crippen MR) is 122 cm³/mol. The Morgan fingerprint density at radius 1 is 1.06 bits per heavy atom. The van der Waals surface area contributed by atoms with E-state index in [0.717, 1.165) is 27.1 Å². The zero-order chi connectivity index (χ0) is 22.4. The van der Waals surface area contributed by atoms with Crippen LogP contribution in [0.15, 0.2) is 34.8 Å². The number of rotatable bonds is 9. The molecule has 1 amide bonds. The van der Waals surface area contributed by atoms with E-state index in [2.05, 4.69) is 26.6 Å². The van der Waals surface area contributed by atoms with Gasteiger partial charge in [0.2, 0.25) is 6.79 Å². The maximum Gasteiger partial charge on any atom is 0.258 e. The second kappa shape index (κ2) is 10.2. The lowest BCUT2D eigenvalue weighted by molar-refractivity contribution is -0.124. The van der Waals surface area contributed by atoms with Gasteiger partial charge in [-0.1, -0.05) is 22.0 Å². The average molecular weight is 493 g/mol. The van der Waals surface area contributed by atoms with E-state index in [1.54, 1.807) is 0 Å². The van der Waals surface area contributed by atoms with Crippen LogP contribution in [0, 0.1) is 0 Å². The second-order valence-electron chi connectivity index (χ2n) is 8.20. The molecule has 168 valence electrons. The van der Waals surface area contributed by atoms with Crippen molar-refractivity contribution in [3.05, 3.63) is 45.9 Å². The van der Waals surface area contributed by atoms with Crippen molar-refractivity contribution >= 4 is 21.8 Å². The molecule has 2 N–H and O–H groups in total. The normalized spacial score (nSPS) is 12.5. The summed E-state index contributed by atoms with van der Waals surface area (Å²) in [5, 5.41) is 6.31. The molecule has 0 aromatic heterocycles. The Hall–Kier alpha value is -2.45. The van der Waals surface area contributed by atoms with Crippen LogP contribution in [-0.4, -0.2) is 31.5 Å². The third-order valence-corrected chi connectivity index (χ3v) is 5.11. The van der Waals surface area contributed by atoms with Crippen molar-refractivity contribution in [1.82, 2.24) is 10.6 Å². The number of hydrogen-bond donors (Lipinski definition) is 2. The number of benzene rings is 2. The van der Waals surface area contributed by atoms with Crippen molar-refractivity contribution in [2.75, 3.05) is 20.0 Å². The van der Waals surface area contributed by atoms with Crippen molar-refractivity contribution in [1.29, 1.82) is 0 Å². The minimum Gasteiger partial charge on any atom is -0.490 e. The van der Waals surface area contributed by atoms with Crippen LogP contribution in [0.4, 0.5) is 0 Å². The molecule has 0 bridgehead atoms. The van der Waals surface area contributed by atoms with Crippen molar-refractivity contribution < 1.29 is 23.7 Å². The maximum absolute atomic E-state index is 12.1. The van der Waals surface area contributed by atoms with E-state index in [-0.39, 0.29) is 24.8 Å². The summed E-state index contributed by atoms with van der Waals surface area (Å²) in [6.45, 7) is 9.69. The molecule has 0 spiro atoms. The van der Waals surface area contributed by atoms with Gasteiger partial charge in [0.1, 0.15) is 0 Å². The van der Waals surface area contributed by atoms with Gasteiger partial charge in [-0.25, -0.2) is 0 Å². The van der Waals surface area contributed by atoms with Gasteiger partial charge in [0.05, 0.1) is 6.61 Å². The molecule has 0 saturated heterocycles. The quantitative estimate of drug-likeness (QED) is 0.547. The smallest absolute Gasteiger partial charge is 0.258 e. The Balaban J connectivity index is 1.61. The zero-order valence-electron chi connectivity index (χ0n) is 18.3. The van der Waals surface area contributed by atoms with Crippen LogP contribution >= 0.6 is 15.9 Å². The number of halogens is 1. The van der Waals surface area contributed by atoms with Gasteiger partial charge in [0.25, 0.3) is 5.91 Å². The van der Waals surface area contributed by atoms with Crippen LogP contribution in [0.3, 0.4) is 0 Å². The monoisotopic (exact) mass is 492 g/mol. The molecule has 0 radical (unpaired) electrons. The number of fused-ring (bicyclic) bond motifs is 1. The lowest BCUT2D eigenvalue weighted by Crippen LogP contribution is -2.43. The highest BCUT2D eigenvalue weighted by Gasteiger charge is 2.17. The molecule has 3 rings (SSSR count). The maximum atomic E-state index is 12.1. The number of nitrogens with one attached hydrogen (secondary N) is 2. The largest absolute Gasteiger partial charge is 0.490 e. The molecule has 1 heterocycles. The number of ether oxygens (including phenoxy) is 4. The van der Waals surface area contributed by atoms with Crippen molar-refractivity contribution in [2.45, 2.75) is 46.3 Å². The van der Waals surface area contributed by atoms with Crippen molar-refractivity contribution in [2.24, 2.45) is 0 Å². The molecule has 0 saturated carbocycles. The van der Waals surface area contributed by atoms with Gasteiger partial charge in [0.15, 0.2) is 29.6 Å². The Labute approximate surface area is 191 Å². The highest BCUT2D eigenvalue weighted by molar-refractivity contribution is 9.10. The standard InChI is InChI=1S/C23H29BrN2O5/c1-5-28-20-9-16(12-25-11-15-6-7-18-19(8-15)31-14-30-18)17(24)10-21(20)29-13-22(27)26-23(2,3)4/h6-10,25H,5,11-14H2,1-4H3,(H,26,27). The molecule has 31 heavy (non-hydrogen) atoms. The van der Waals surface area contributed by atoms with Gasteiger partial charge >= 0.3 is 0 Å². The summed E-state index contributed by atoms with van der Waals surface area (Å²) in [5.41, 5.74) is 1.82. The summed E-state index contributed by atoms with van der Waals surface area (Å²) in [4.78, 5) is 12.1.